The number of hydrogen-bond acceptors (Lipinski definition) is 14. The number of aliphatic hydroxyl groups is 1. The third-order valence-corrected chi connectivity index (χ3v) is 36.0. The highest BCUT2D eigenvalue weighted by molar-refractivity contribution is 5.79. The molecule has 5 unspecified atom stereocenters. The predicted molar refractivity (Wildman–Crippen MR) is 533 cm³/mol. The molecule has 20 rings (SSSR count). The number of hydrogen-bond donors (Lipinski definition) is 1. The van der Waals surface area contributed by atoms with Crippen molar-refractivity contribution in [3.63, 3.8) is 0 Å². The molecule has 2 aliphatic heterocycles. The normalized spacial score (nSPS) is 34.7. The van der Waals surface area contributed by atoms with Crippen LogP contribution in [0.1, 0.15) is 512 Å². The number of carbonyl (C=O) groups excluding carboxylic acids is 6. The summed E-state index contributed by atoms with van der Waals surface area (Å²) < 4.78 is 42.5. The Morgan fingerprint density at radius 3 is 1.01 bits per heavy atom. The predicted octanol–water partition coefficient (Wildman–Crippen LogP) is 31.9. The van der Waals surface area contributed by atoms with Crippen LogP contribution in [-0.2, 0) is 61.9 Å². The summed E-state index contributed by atoms with van der Waals surface area (Å²) in [6.45, 7) is 47.2. The molecule has 20 fully saturated rings. The van der Waals surface area contributed by atoms with Crippen molar-refractivity contribution in [2.24, 2.45) is 121 Å². The Kier molecular flexibility index (Phi) is 46.3. The third-order valence-electron chi connectivity index (χ3n) is 36.0. The van der Waals surface area contributed by atoms with Gasteiger partial charge in [0, 0.05) is 17.8 Å². The maximum atomic E-state index is 12.6. The maximum absolute atomic E-state index is 12.6. The second-order valence-electron chi connectivity index (χ2n) is 46.7. The zero-order chi connectivity index (χ0) is 83.6. The second-order valence-corrected chi connectivity index (χ2v) is 46.7. The highest BCUT2D eigenvalue weighted by Gasteiger charge is 2.64. The molecule has 126 heavy (non-hydrogen) atoms. The van der Waals surface area contributed by atoms with Gasteiger partial charge in [0.1, 0.15) is 33.6 Å². The lowest BCUT2D eigenvalue weighted by Crippen LogP contribution is -2.61. The first kappa shape index (κ1) is 125. The lowest BCUT2D eigenvalue weighted by Gasteiger charge is -2.61. The van der Waals surface area contributed by atoms with E-state index < -0.39 is 11.0 Å². The Labute approximate surface area is 782 Å². The summed E-state index contributed by atoms with van der Waals surface area (Å²) in [6, 6.07) is 0. The Bertz CT molecular complexity index is 3220. The molecule has 0 amide bonds. The minimum atomic E-state index is -0.555. The van der Waals surface area contributed by atoms with Gasteiger partial charge in [-0.3, -0.25) is 28.8 Å². The van der Waals surface area contributed by atoms with E-state index >= 15 is 0 Å². The molecular formula is C112H216O14. The van der Waals surface area contributed by atoms with Crippen molar-refractivity contribution in [2.45, 2.75) is 563 Å². The van der Waals surface area contributed by atoms with Crippen LogP contribution in [-0.4, -0.2) is 92.3 Å². The molecule has 1 N–H and O–H groups in total. The molecule has 2 saturated heterocycles. The van der Waals surface area contributed by atoms with Crippen molar-refractivity contribution < 1.29 is 67.0 Å². The Morgan fingerprint density at radius 1 is 0.341 bits per heavy atom. The van der Waals surface area contributed by atoms with Gasteiger partial charge in [-0.25, -0.2) is 0 Å². The van der Waals surface area contributed by atoms with Crippen LogP contribution in [0.3, 0.4) is 0 Å². The van der Waals surface area contributed by atoms with Crippen LogP contribution in [0.2, 0.25) is 0 Å². The molecule has 5 atom stereocenters. The zero-order valence-corrected chi connectivity index (χ0v) is 77.0. The van der Waals surface area contributed by atoms with Crippen LogP contribution in [0.15, 0.2) is 0 Å². The van der Waals surface area contributed by atoms with Gasteiger partial charge in [0.05, 0.1) is 50.3 Å². The molecule has 18 saturated carbocycles. The summed E-state index contributed by atoms with van der Waals surface area (Å²) in [5.74, 6) is 10.4. The standard InChI is InChI=1S/C19H32O2.C18H30O2.C17H28O3.C17H28O2.C16H26O3.C13H24O2.12CH4/c1-6-17(2,3)16(20)21-18(4,5)19-10-13-7-14(11-19)9-15(8-13)12-19;1-5-17(3,4)16(19)20-18(6-2)14-8-12-7-13(10-14)11-15(18)9-12;1-4-16(2,3)15(18)20-17(9-5-6-10-17)13-11-12-7-8-14(13)19-12;1-5-16(2,3)15(18)19-17(4)13-7-11-6-12(9-13)10-14(17)8-11;1-4-14(2,3)13(17)19-16-8-11-5-12(9-16)7-15(18,6-11)10-16;1-5-12(3,4)11(14)15-13(6-2)9-7-8-10-13;;;;;;;;;;;;/h13-15H,6-12H2,1-5H3;12-15H,5-11H2,1-4H3;12-14H,4-11H2,1-3H3;11-14H,5-10H2,1-4H3;11-12,18H,4-10H2,1-3H3;5-10H2,1-4H3;12*1H4. The summed E-state index contributed by atoms with van der Waals surface area (Å²) in [5, 5.41) is 10.6. The van der Waals surface area contributed by atoms with Gasteiger partial charge >= 0.3 is 35.8 Å². The smallest absolute Gasteiger partial charge is 0.312 e. The minimum Gasteiger partial charge on any atom is -0.459 e. The molecule has 18 bridgehead atoms. The van der Waals surface area contributed by atoms with Crippen molar-refractivity contribution in [3.8, 4) is 0 Å². The van der Waals surface area contributed by atoms with Crippen molar-refractivity contribution in [1.29, 1.82) is 0 Å². The van der Waals surface area contributed by atoms with Crippen LogP contribution < -0.4 is 0 Å². The van der Waals surface area contributed by atoms with E-state index in [1.165, 1.54) is 141 Å². The van der Waals surface area contributed by atoms with Crippen LogP contribution in [0.4, 0.5) is 0 Å². The van der Waals surface area contributed by atoms with E-state index in [0.29, 0.717) is 60.1 Å². The summed E-state index contributed by atoms with van der Waals surface area (Å²) >= 11 is 0. The Hall–Kier alpha value is -3.26. The summed E-state index contributed by atoms with van der Waals surface area (Å²) in [7, 11) is 0. The monoisotopic (exact) mass is 1790 g/mol. The van der Waals surface area contributed by atoms with Gasteiger partial charge in [-0.15, -0.1) is 0 Å². The fourth-order valence-electron chi connectivity index (χ4n) is 26.4. The summed E-state index contributed by atoms with van der Waals surface area (Å²) in [6.07, 6.45) is 47.3. The first-order chi connectivity index (χ1) is 53.1. The van der Waals surface area contributed by atoms with E-state index in [4.69, 9.17) is 33.2 Å². The molecule has 0 radical (unpaired) electrons. The van der Waals surface area contributed by atoms with Crippen LogP contribution in [0.5, 0.6) is 0 Å². The van der Waals surface area contributed by atoms with Gasteiger partial charge in [-0.05, 0) is 438 Å². The lowest BCUT2D eigenvalue weighted by molar-refractivity contribution is -0.225. The summed E-state index contributed by atoms with van der Waals surface area (Å²) in [4.78, 5) is 74.6. The fraction of sp³-hybridized carbons (Fsp3) is 0.946. The third kappa shape index (κ3) is 26.1. The lowest BCUT2D eigenvalue weighted by atomic mass is 9.46. The van der Waals surface area contributed by atoms with E-state index in [1.807, 2.05) is 96.9 Å². The SMILES string of the molecule is C.C.C.C.C.C.C.C.C.C.C.C.CCC(C)(C)C(=O)OC(C)(C)C12CC3CC(CC(C3)C1)C2.CCC(C)(C)C(=O)OC1(C)C2CC3CC(C2)CC1C3.CCC(C)(C)C(=O)OC1(C2CC3CCC2O3)CCCC1.CCC(C)(C)C(=O)OC1(CC)C2CC3CC(C2)CC1C3.CCC(C)(C)C(=O)OC12CC3CC(CC(O)(C3)C1)C2.CCC1(OC(=O)C(C)(C)CC)CCCC1. The largest absolute Gasteiger partial charge is 0.459 e. The first-order valence-electron chi connectivity index (χ1n) is 47.9. The number of ether oxygens (including phenoxy) is 7. The second kappa shape index (κ2) is 46.8. The van der Waals surface area contributed by atoms with Crippen LogP contribution >= 0.6 is 0 Å². The Morgan fingerprint density at radius 2 is 0.667 bits per heavy atom. The Balaban J connectivity index is 0. The molecule has 14 heteroatoms. The molecule has 18 aliphatic carbocycles. The molecular weight excluding hydrogens is 1570 g/mol. The van der Waals surface area contributed by atoms with Crippen molar-refractivity contribution >= 4 is 35.8 Å². The van der Waals surface area contributed by atoms with E-state index in [9.17, 15) is 33.9 Å². The molecule has 20 aliphatic rings. The molecule has 14 nitrogen and oxygen atoms in total. The quantitative estimate of drug-likeness (QED) is 0.0796. The van der Waals surface area contributed by atoms with Gasteiger partial charge in [-0.1, -0.05) is 145 Å². The minimum absolute atomic E-state index is 0. The average molecular weight is 1790 g/mol. The fourth-order valence-corrected chi connectivity index (χ4v) is 26.4. The topological polar surface area (TPSA) is 187 Å². The van der Waals surface area contributed by atoms with Crippen molar-refractivity contribution in [3.05, 3.63) is 0 Å². The molecule has 0 spiro atoms. The van der Waals surface area contributed by atoms with E-state index in [0.717, 1.165) is 157 Å². The molecule has 2 heterocycles. The van der Waals surface area contributed by atoms with Gasteiger partial charge in [0.2, 0.25) is 0 Å². The van der Waals surface area contributed by atoms with Crippen molar-refractivity contribution in [1.82, 2.24) is 0 Å². The van der Waals surface area contributed by atoms with Gasteiger partial charge in [-0.2, -0.15) is 0 Å². The average Bonchev–Trinajstić information content (AvgIpc) is 1.52. The maximum Gasteiger partial charge on any atom is 0.312 e. The number of rotatable bonds is 22. The van der Waals surface area contributed by atoms with Crippen LogP contribution in [0.25, 0.3) is 0 Å². The van der Waals surface area contributed by atoms with Gasteiger partial charge in [0.15, 0.2) is 0 Å². The molecule has 0 aromatic carbocycles. The molecule has 748 valence electrons. The number of fused-ring (bicyclic) bond motifs is 2. The number of esters is 6. The highest BCUT2D eigenvalue weighted by atomic mass is 16.6. The number of carbonyl (C=O) groups is 6. The van der Waals surface area contributed by atoms with Gasteiger partial charge < -0.3 is 38.3 Å². The van der Waals surface area contributed by atoms with E-state index in [-0.39, 0.29) is 191 Å². The van der Waals surface area contributed by atoms with Gasteiger partial charge in [0.25, 0.3) is 0 Å². The first-order valence-corrected chi connectivity index (χ1v) is 47.9. The van der Waals surface area contributed by atoms with E-state index in [1.54, 1.807) is 0 Å². The highest BCUT2D eigenvalue weighted by Crippen LogP contribution is 2.67. The molecule has 0 aromatic heterocycles. The van der Waals surface area contributed by atoms with Crippen LogP contribution in [0, 0.1) is 121 Å². The van der Waals surface area contributed by atoms with E-state index in [2.05, 4.69) is 62.3 Å². The summed E-state index contributed by atoms with van der Waals surface area (Å²) in [5.41, 5.74) is -3.77. The zero-order valence-electron chi connectivity index (χ0n) is 77.0. The molecule has 0 aromatic rings. The van der Waals surface area contributed by atoms with Crippen molar-refractivity contribution in [2.75, 3.05) is 0 Å².